The number of hydrogen-bond donors (Lipinski definition) is 1. The van der Waals surface area contributed by atoms with Crippen LogP contribution in [0.1, 0.15) is 21.9 Å². The Labute approximate surface area is 144 Å². The molecule has 4 rings (SSSR count). The van der Waals surface area contributed by atoms with Gasteiger partial charge in [-0.2, -0.15) is 0 Å². The van der Waals surface area contributed by atoms with Gasteiger partial charge in [0.25, 0.3) is 5.91 Å². The van der Waals surface area contributed by atoms with E-state index in [9.17, 15) is 4.79 Å². The molecule has 5 heteroatoms. The van der Waals surface area contributed by atoms with Crippen molar-refractivity contribution in [1.82, 2.24) is 9.38 Å². The number of benzene rings is 1. The first-order chi connectivity index (χ1) is 12.1. The Balaban J connectivity index is 1.55. The Morgan fingerprint density at radius 3 is 2.60 bits per heavy atom. The van der Waals surface area contributed by atoms with E-state index in [1.807, 2.05) is 66.2 Å². The zero-order chi connectivity index (χ0) is 17.4. The third kappa shape index (κ3) is 2.92. The van der Waals surface area contributed by atoms with Crippen LogP contribution in [0.2, 0.25) is 0 Å². The Morgan fingerprint density at radius 2 is 1.92 bits per heavy atom. The van der Waals surface area contributed by atoms with Crippen molar-refractivity contribution >= 4 is 17.2 Å². The van der Waals surface area contributed by atoms with Gasteiger partial charge in [-0.15, -0.1) is 0 Å². The second-order valence-corrected chi connectivity index (χ2v) is 5.95. The highest BCUT2D eigenvalue weighted by Gasteiger charge is 2.13. The van der Waals surface area contributed by atoms with E-state index >= 15 is 0 Å². The van der Waals surface area contributed by atoms with E-state index in [-0.39, 0.29) is 5.91 Å². The molecule has 1 N–H and O–H groups in total. The van der Waals surface area contributed by atoms with Gasteiger partial charge in [0.05, 0.1) is 11.3 Å². The molecule has 0 atom stereocenters. The largest absolute Gasteiger partial charge is 0.466 e. The van der Waals surface area contributed by atoms with Crippen molar-refractivity contribution in [2.75, 3.05) is 5.32 Å². The van der Waals surface area contributed by atoms with Gasteiger partial charge >= 0.3 is 0 Å². The van der Waals surface area contributed by atoms with Crippen LogP contribution in [0.15, 0.2) is 65.3 Å². The van der Waals surface area contributed by atoms with Crippen molar-refractivity contribution in [2.24, 2.45) is 0 Å². The first kappa shape index (κ1) is 15.2. The van der Waals surface area contributed by atoms with Crippen molar-refractivity contribution < 1.29 is 9.21 Å². The minimum atomic E-state index is -0.171. The van der Waals surface area contributed by atoms with Crippen LogP contribution in [0.5, 0.6) is 0 Å². The molecule has 1 aromatic carbocycles. The van der Waals surface area contributed by atoms with Gasteiger partial charge in [0.2, 0.25) is 0 Å². The van der Waals surface area contributed by atoms with E-state index in [1.165, 1.54) is 0 Å². The second-order valence-electron chi connectivity index (χ2n) is 5.95. The van der Waals surface area contributed by atoms with Crippen LogP contribution in [-0.4, -0.2) is 15.3 Å². The molecule has 0 aliphatic carbocycles. The third-order valence-corrected chi connectivity index (χ3v) is 4.09. The first-order valence-electron chi connectivity index (χ1n) is 8.03. The number of aryl methyl sites for hydroxylation is 2. The van der Waals surface area contributed by atoms with Crippen molar-refractivity contribution in [2.45, 2.75) is 13.8 Å². The molecule has 0 aliphatic rings. The number of aromatic nitrogens is 2. The van der Waals surface area contributed by atoms with Gasteiger partial charge in [0.15, 0.2) is 0 Å². The molecule has 124 valence electrons. The zero-order valence-corrected chi connectivity index (χ0v) is 14.0. The van der Waals surface area contributed by atoms with E-state index in [1.54, 1.807) is 13.0 Å². The van der Waals surface area contributed by atoms with Crippen LogP contribution in [0, 0.1) is 13.8 Å². The van der Waals surface area contributed by atoms with Crippen LogP contribution in [0.3, 0.4) is 0 Å². The molecule has 3 aromatic heterocycles. The number of imidazole rings is 1. The maximum atomic E-state index is 12.3. The van der Waals surface area contributed by atoms with E-state index in [2.05, 4.69) is 10.3 Å². The molecule has 0 unspecified atom stereocenters. The normalized spacial score (nSPS) is 11.0. The SMILES string of the molecule is Cc1cc(C(=O)Nc2ccc(-c3cn4ccccc4n3)cc2)c(C)o1. The van der Waals surface area contributed by atoms with Crippen LogP contribution in [0.25, 0.3) is 16.9 Å². The molecule has 0 saturated carbocycles. The summed E-state index contributed by atoms with van der Waals surface area (Å²) in [6, 6.07) is 15.3. The molecule has 5 nitrogen and oxygen atoms in total. The Hall–Kier alpha value is -3.34. The minimum Gasteiger partial charge on any atom is -0.466 e. The zero-order valence-electron chi connectivity index (χ0n) is 14.0. The Bertz CT molecular complexity index is 1030. The van der Waals surface area contributed by atoms with Gasteiger partial charge in [-0.25, -0.2) is 4.98 Å². The number of fused-ring (bicyclic) bond motifs is 1. The predicted octanol–water partition coefficient (Wildman–Crippen LogP) is 4.46. The Morgan fingerprint density at radius 1 is 1.12 bits per heavy atom. The van der Waals surface area contributed by atoms with Crippen molar-refractivity contribution in [3.05, 3.63) is 78.0 Å². The van der Waals surface area contributed by atoms with Gasteiger partial charge < -0.3 is 14.1 Å². The number of carbonyl (C=O) groups is 1. The summed E-state index contributed by atoms with van der Waals surface area (Å²) in [6.45, 7) is 3.61. The predicted molar refractivity (Wildman–Crippen MR) is 96.8 cm³/mol. The van der Waals surface area contributed by atoms with Gasteiger partial charge in [-0.05, 0) is 44.2 Å². The number of rotatable bonds is 3. The van der Waals surface area contributed by atoms with Crippen molar-refractivity contribution in [1.29, 1.82) is 0 Å². The van der Waals surface area contributed by atoms with E-state index < -0.39 is 0 Å². The number of anilines is 1. The van der Waals surface area contributed by atoms with Crippen LogP contribution in [-0.2, 0) is 0 Å². The lowest BCUT2D eigenvalue weighted by molar-refractivity contribution is 0.102. The monoisotopic (exact) mass is 331 g/mol. The summed E-state index contributed by atoms with van der Waals surface area (Å²) < 4.78 is 7.39. The molecule has 0 saturated heterocycles. The summed E-state index contributed by atoms with van der Waals surface area (Å²) in [4.78, 5) is 16.9. The summed E-state index contributed by atoms with van der Waals surface area (Å²) >= 11 is 0. The molecule has 0 spiro atoms. The molecule has 3 heterocycles. The van der Waals surface area contributed by atoms with Crippen LogP contribution >= 0.6 is 0 Å². The lowest BCUT2D eigenvalue weighted by Crippen LogP contribution is -2.11. The second kappa shape index (κ2) is 5.94. The number of pyridine rings is 1. The minimum absolute atomic E-state index is 0.171. The molecule has 4 aromatic rings. The maximum absolute atomic E-state index is 12.3. The number of nitrogens with one attached hydrogen (secondary N) is 1. The Kier molecular flexibility index (Phi) is 3.61. The van der Waals surface area contributed by atoms with E-state index in [4.69, 9.17) is 4.42 Å². The number of carbonyl (C=O) groups excluding carboxylic acids is 1. The van der Waals surface area contributed by atoms with Gasteiger partial charge in [-0.1, -0.05) is 18.2 Å². The number of hydrogen-bond acceptors (Lipinski definition) is 3. The summed E-state index contributed by atoms with van der Waals surface area (Å²) in [5.41, 5.74) is 4.08. The van der Waals surface area contributed by atoms with Crippen molar-refractivity contribution in [3.63, 3.8) is 0 Å². The summed E-state index contributed by atoms with van der Waals surface area (Å²) in [7, 11) is 0. The van der Waals surface area contributed by atoms with Crippen molar-refractivity contribution in [3.8, 4) is 11.3 Å². The smallest absolute Gasteiger partial charge is 0.259 e. The van der Waals surface area contributed by atoms with E-state index in [0.717, 1.165) is 28.4 Å². The third-order valence-electron chi connectivity index (χ3n) is 4.09. The topological polar surface area (TPSA) is 59.5 Å². The highest BCUT2D eigenvalue weighted by atomic mass is 16.3. The molecule has 0 radical (unpaired) electrons. The molecule has 1 amide bonds. The fourth-order valence-corrected chi connectivity index (χ4v) is 2.85. The van der Waals surface area contributed by atoms with Crippen LogP contribution in [0.4, 0.5) is 5.69 Å². The molecule has 0 aliphatic heterocycles. The van der Waals surface area contributed by atoms with Gasteiger partial charge in [-0.3, -0.25) is 4.79 Å². The summed E-state index contributed by atoms with van der Waals surface area (Å²) in [5, 5.41) is 2.89. The summed E-state index contributed by atoms with van der Waals surface area (Å²) in [6.07, 6.45) is 3.95. The number of nitrogens with zero attached hydrogens (tertiary/aromatic N) is 2. The lowest BCUT2D eigenvalue weighted by Gasteiger charge is -2.05. The standard InChI is InChI=1S/C20H17N3O2/c1-13-11-17(14(2)25-13)20(24)21-16-8-6-15(7-9-16)18-12-23-10-4-3-5-19(23)22-18/h3-12H,1-2H3,(H,21,24). The van der Waals surface area contributed by atoms with Gasteiger partial charge in [0, 0.05) is 23.6 Å². The number of amides is 1. The fourth-order valence-electron chi connectivity index (χ4n) is 2.85. The first-order valence-corrected chi connectivity index (χ1v) is 8.03. The van der Waals surface area contributed by atoms with E-state index in [0.29, 0.717) is 11.3 Å². The highest BCUT2D eigenvalue weighted by molar-refractivity contribution is 6.05. The molecule has 0 bridgehead atoms. The summed E-state index contributed by atoms with van der Waals surface area (Å²) in [5.74, 6) is 1.18. The average Bonchev–Trinajstić information content (AvgIpc) is 3.18. The molecule has 0 fully saturated rings. The molecular formula is C20H17N3O2. The molecular weight excluding hydrogens is 314 g/mol. The maximum Gasteiger partial charge on any atom is 0.259 e. The van der Waals surface area contributed by atoms with Crippen LogP contribution < -0.4 is 5.32 Å². The molecule has 25 heavy (non-hydrogen) atoms. The average molecular weight is 331 g/mol. The lowest BCUT2D eigenvalue weighted by atomic mass is 10.1. The van der Waals surface area contributed by atoms with Gasteiger partial charge in [0.1, 0.15) is 17.2 Å². The highest BCUT2D eigenvalue weighted by Crippen LogP contribution is 2.22. The fraction of sp³-hybridized carbons (Fsp3) is 0.100. The quantitative estimate of drug-likeness (QED) is 0.603. The number of furan rings is 1.